The highest BCUT2D eigenvalue weighted by Crippen LogP contribution is 2.24. The lowest BCUT2D eigenvalue weighted by atomic mass is 10.0. The third kappa shape index (κ3) is 2.90. The van der Waals surface area contributed by atoms with Gasteiger partial charge in [-0.3, -0.25) is 0 Å². The van der Waals surface area contributed by atoms with E-state index in [1.165, 1.54) is 5.39 Å². The zero-order chi connectivity index (χ0) is 12.8. The van der Waals surface area contributed by atoms with E-state index in [0.717, 1.165) is 23.8 Å². The Morgan fingerprint density at radius 3 is 2.67 bits per heavy atom. The molecule has 2 nitrogen and oxygen atoms in total. The highest BCUT2D eigenvalue weighted by Gasteiger charge is 2.04. The Balaban J connectivity index is 2.13. The molecule has 0 bridgehead atoms. The standard InChI is InChI=1S/C16H18O2/c1-13(18-12-5-4-11-17)15-10-6-8-14-7-2-3-9-16(14)15/h2-3,6-10,17H,1,4-5,11-12H2. The molecule has 0 heterocycles. The third-order valence-electron chi connectivity index (χ3n) is 2.92. The van der Waals surface area contributed by atoms with Crippen LogP contribution in [0.3, 0.4) is 0 Å². The Hall–Kier alpha value is -1.80. The average Bonchev–Trinajstić information content (AvgIpc) is 2.43. The fraction of sp³-hybridized carbons (Fsp3) is 0.250. The molecule has 0 spiro atoms. The zero-order valence-corrected chi connectivity index (χ0v) is 10.4. The van der Waals surface area contributed by atoms with Gasteiger partial charge in [-0.25, -0.2) is 0 Å². The molecule has 0 radical (unpaired) electrons. The first kappa shape index (κ1) is 12.7. The van der Waals surface area contributed by atoms with E-state index in [1.54, 1.807) is 0 Å². The molecule has 18 heavy (non-hydrogen) atoms. The molecule has 0 aromatic heterocycles. The number of aliphatic hydroxyl groups is 1. The maximum atomic E-state index is 8.71. The Morgan fingerprint density at radius 2 is 1.83 bits per heavy atom. The molecule has 0 unspecified atom stereocenters. The van der Waals surface area contributed by atoms with Gasteiger partial charge in [-0.2, -0.15) is 0 Å². The van der Waals surface area contributed by atoms with Crippen molar-refractivity contribution in [3.63, 3.8) is 0 Å². The van der Waals surface area contributed by atoms with E-state index in [1.807, 2.05) is 24.3 Å². The van der Waals surface area contributed by atoms with E-state index in [2.05, 4.69) is 24.8 Å². The summed E-state index contributed by atoms with van der Waals surface area (Å²) in [7, 11) is 0. The summed E-state index contributed by atoms with van der Waals surface area (Å²) in [4.78, 5) is 0. The van der Waals surface area contributed by atoms with Gasteiger partial charge >= 0.3 is 0 Å². The molecular formula is C16H18O2. The minimum Gasteiger partial charge on any atom is -0.494 e. The number of hydrogen-bond acceptors (Lipinski definition) is 2. The Bertz CT molecular complexity index is 526. The van der Waals surface area contributed by atoms with E-state index in [-0.39, 0.29) is 6.61 Å². The van der Waals surface area contributed by atoms with Gasteiger partial charge in [-0.05, 0) is 23.6 Å². The molecule has 2 rings (SSSR count). The summed E-state index contributed by atoms with van der Waals surface area (Å²) >= 11 is 0. The smallest absolute Gasteiger partial charge is 0.119 e. The molecule has 0 saturated heterocycles. The minimum atomic E-state index is 0.212. The van der Waals surface area contributed by atoms with E-state index in [0.29, 0.717) is 12.4 Å². The lowest BCUT2D eigenvalue weighted by molar-refractivity contribution is 0.236. The van der Waals surface area contributed by atoms with Crippen LogP contribution in [-0.4, -0.2) is 18.3 Å². The second kappa shape index (κ2) is 6.22. The van der Waals surface area contributed by atoms with Crippen LogP contribution in [0, 0.1) is 0 Å². The van der Waals surface area contributed by atoms with Crippen LogP contribution in [0.25, 0.3) is 16.5 Å². The van der Waals surface area contributed by atoms with Crippen LogP contribution in [0.15, 0.2) is 49.0 Å². The van der Waals surface area contributed by atoms with Gasteiger partial charge in [0.2, 0.25) is 0 Å². The normalized spacial score (nSPS) is 10.5. The Morgan fingerprint density at radius 1 is 1.06 bits per heavy atom. The van der Waals surface area contributed by atoms with Gasteiger partial charge in [-0.15, -0.1) is 0 Å². The second-order valence-electron chi connectivity index (χ2n) is 4.23. The van der Waals surface area contributed by atoms with Crippen LogP contribution in [0.2, 0.25) is 0 Å². The van der Waals surface area contributed by atoms with Gasteiger partial charge in [-0.1, -0.05) is 49.0 Å². The van der Waals surface area contributed by atoms with Crippen LogP contribution in [0.4, 0.5) is 0 Å². The number of unbranched alkanes of at least 4 members (excludes halogenated alkanes) is 1. The van der Waals surface area contributed by atoms with Gasteiger partial charge in [0.15, 0.2) is 0 Å². The lowest BCUT2D eigenvalue weighted by Gasteiger charge is -2.11. The molecule has 1 N–H and O–H groups in total. The Labute approximate surface area is 108 Å². The number of ether oxygens (including phenoxy) is 1. The van der Waals surface area contributed by atoms with E-state index in [4.69, 9.17) is 9.84 Å². The van der Waals surface area contributed by atoms with Crippen molar-refractivity contribution in [3.8, 4) is 0 Å². The maximum Gasteiger partial charge on any atom is 0.119 e. The van der Waals surface area contributed by atoms with E-state index >= 15 is 0 Å². The van der Waals surface area contributed by atoms with Gasteiger partial charge in [0, 0.05) is 12.2 Å². The molecular weight excluding hydrogens is 224 g/mol. The lowest BCUT2D eigenvalue weighted by Crippen LogP contribution is -1.96. The molecule has 0 amide bonds. The van der Waals surface area contributed by atoms with E-state index < -0.39 is 0 Å². The molecule has 2 heteroatoms. The maximum absolute atomic E-state index is 8.71. The van der Waals surface area contributed by atoms with Crippen molar-refractivity contribution in [1.29, 1.82) is 0 Å². The number of aliphatic hydroxyl groups excluding tert-OH is 1. The second-order valence-corrected chi connectivity index (χ2v) is 4.23. The molecule has 0 fully saturated rings. The molecule has 2 aromatic carbocycles. The van der Waals surface area contributed by atoms with Crippen molar-refractivity contribution in [2.24, 2.45) is 0 Å². The monoisotopic (exact) mass is 242 g/mol. The first-order valence-corrected chi connectivity index (χ1v) is 6.23. The molecule has 94 valence electrons. The highest BCUT2D eigenvalue weighted by molar-refractivity contribution is 5.92. The van der Waals surface area contributed by atoms with Gasteiger partial charge < -0.3 is 9.84 Å². The fourth-order valence-corrected chi connectivity index (χ4v) is 1.96. The van der Waals surface area contributed by atoms with Crippen molar-refractivity contribution < 1.29 is 9.84 Å². The van der Waals surface area contributed by atoms with Crippen molar-refractivity contribution in [3.05, 3.63) is 54.6 Å². The summed E-state index contributed by atoms with van der Waals surface area (Å²) < 4.78 is 5.63. The molecule has 2 aromatic rings. The molecule has 0 atom stereocenters. The summed E-state index contributed by atoms with van der Waals surface area (Å²) in [6.07, 6.45) is 1.61. The van der Waals surface area contributed by atoms with Gasteiger partial charge in [0.05, 0.1) is 6.61 Å². The van der Waals surface area contributed by atoms with Crippen LogP contribution < -0.4 is 0 Å². The van der Waals surface area contributed by atoms with Crippen LogP contribution >= 0.6 is 0 Å². The number of benzene rings is 2. The van der Waals surface area contributed by atoms with Crippen molar-refractivity contribution in [2.75, 3.05) is 13.2 Å². The van der Waals surface area contributed by atoms with Crippen molar-refractivity contribution >= 4 is 16.5 Å². The zero-order valence-electron chi connectivity index (χ0n) is 10.4. The SMILES string of the molecule is C=C(OCCCCO)c1cccc2ccccc12. The van der Waals surface area contributed by atoms with Crippen LogP contribution in [0.5, 0.6) is 0 Å². The molecule has 0 aliphatic carbocycles. The molecule has 0 saturated carbocycles. The predicted octanol–water partition coefficient (Wildman–Crippen LogP) is 3.60. The molecule has 0 aliphatic heterocycles. The summed E-state index contributed by atoms with van der Waals surface area (Å²) in [5, 5.41) is 11.1. The topological polar surface area (TPSA) is 29.5 Å². The van der Waals surface area contributed by atoms with E-state index in [9.17, 15) is 0 Å². The summed E-state index contributed by atoms with van der Waals surface area (Å²) in [6.45, 7) is 4.80. The molecule has 0 aliphatic rings. The number of hydrogen-bond donors (Lipinski definition) is 1. The van der Waals surface area contributed by atoms with Crippen molar-refractivity contribution in [2.45, 2.75) is 12.8 Å². The Kier molecular flexibility index (Phi) is 4.37. The summed E-state index contributed by atoms with van der Waals surface area (Å²) in [6, 6.07) is 14.3. The minimum absolute atomic E-state index is 0.212. The number of fused-ring (bicyclic) bond motifs is 1. The van der Waals surface area contributed by atoms with Crippen LogP contribution in [-0.2, 0) is 4.74 Å². The third-order valence-corrected chi connectivity index (χ3v) is 2.92. The first-order chi connectivity index (χ1) is 8.83. The highest BCUT2D eigenvalue weighted by atomic mass is 16.5. The van der Waals surface area contributed by atoms with Gasteiger partial charge in [0.25, 0.3) is 0 Å². The first-order valence-electron chi connectivity index (χ1n) is 6.23. The van der Waals surface area contributed by atoms with Crippen molar-refractivity contribution in [1.82, 2.24) is 0 Å². The van der Waals surface area contributed by atoms with Gasteiger partial charge in [0.1, 0.15) is 5.76 Å². The predicted molar refractivity (Wildman–Crippen MR) is 75.3 cm³/mol. The summed E-state index contributed by atoms with van der Waals surface area (Å²) in [5.74, 6) is 0.699. The summed E-state index contributed by atoms with van der Waals surface area (Å²) in [5.41, 5.74) is 1.04. The average molecular weight is 242 g/mol. The quantitative estimate of drug-likeness (QED) is 0.619. The van der Waals surface area contributed by atoms with Crippen LogP contribution in [0.1, 0.15) is 18.4 Å². The largest absolute Gasteiger partial charge is 0.494 e. The fourth-order valence-electron chi connectivity index (χ4n) is 1.96. The number of rotatable bonds is 6.